The number of anilines is 1. The van der Waals surface area contributed by atoms with E-state index in [9.17, 15) is 4.39 Å². The van der Waals surface area contributed by atoms with Crippen LogP contribution in [0, 0.1) is 11.7 Å². The van der Waals surface area contributed by atoms with Crippen molar-refractivity contribution >= 4 is 38.8 Å². The molecule has 0 aromatic heterocycles. The maximum atomic E-state index is 14.1. The highest BCUT2D eigenvalue weighted by Crippen LogP contribution is 2.38. The van der Waals surface area contributed by atoms with Crippen molar-refractivity contribution in [3.05, 3.63) is 28.0 Å². The van der Waals surface area contributed by atoms with Gasteiger partial charge in [0.1, 0.15) is 4.99 Å². The highest BCUT2D eigenvalue weighted by Gasteiger charge is 2.36. The zero-order valence-electron chi connectivity index (χ0n) is 10.2. The van der Waals surface area contributed by atoms with E-state index in [-0.39, 0.29) is 10.8 Å². The van der Waals surface area contributed by atoms with Crippen molar-refractivity contribution in [3.8, 4) is 0 Å². The van der Waals surface area contributed by atoms with Gasteiger partial charge in [0, 0.05) is 11.6 Å². The van der Waals surface area contributed by atoms with Crippen molar-refractivity contribution in [2.75, 3.05) is 5.32 Å². The van der Waals surface area contributed by atoms with E-state index in [0.717, 1.165) is 6.42 Å². The first-order chi connectivity index (χ1) is 8.54. The predicted molar refractivity (Wildman–Crippen MR) is 80.4 cm³/mol. The summed E-state index contributed by atoms with van der Waals surface area (Å²) in [6.45, 7) is 2.17. The highest BCUT2D eigenvalue weighted by molar-refractivity contribution is 9.10. The molecule has 0 amide bonds. The molecule has 0 aliphatic heterocycles. The Morgan fingerprint density at radius 1 is 1.61 bits per heavy atom. The standard InChI is InChI=1S/C13H16BrFN2S/c1-2-3-7-6-10(7)17-9-5-4-8(13(16)18)11(14)12(9)15/h4-5,7,10,17H,2-3,6H2,1H3,(H2,16,18). The molecular weight excluding hydrogens is 315 g/mol. The molecule has 0 radical (unpaired) electrons. The van der Waals surface area contributed by atoms with Gasteiger partial charge >= 0.3 is 0 Å². The van der Waals surface area contributed by atoms with Gasteiger partial charge in [-0.05, 0) is 46.8 Å². The van der Waals surface area contributed by atoms with Crippen LogP contribution in [0.15, 0.2) is 16.6 Å². The molecule has 18 heavy (non-hydrogen) atoms. The molecule has 2 unspecified atom stereocenters. The van der Waals surface area contributed by atoms with Gasteiger partial charge < -0.3 is 11.1 Å². The molecule has 2 atom stereocenters. The fraction of sp³-hybridized carbons (Fsp3) is 0.462. The first-order valence-electron chi connectivity index (χ1n) is 6.09. The zero-order chi connectivity index (χ0) is 13.3. The second kappa shape index (κ2) is 5.53. The lowest BCUT2D eigenvalue weighted by Crippen LogP contribution is -2.13. The molecule has 1 aliphatic carbocycles. The number of hydrogen-bond acceptors (Lipinski definition) is 2. The predicted octanol–water partition coefficient (Wildman–Crippen LogP) is 3.82. The van der Waals surface area contributed by atoms with Crippen molar-refractivity contribution in [1.82, 2.24) is 0 Å². The van der Waals surface area contributed by atoms with E-state index in [1.165, 1.54) is 12.8 Å². The van der Waals surface area contributed by atoms with E-state index in [1.807, 2.05) is 0 Å². The van der Waals surface area contributed by atoms with Gasteiger partial charge in [-0.25, -0.2) is 4.39 Å². The summed E-state index contributed by atoms with van der Waals surface area (Å²) in [7, 11) is 0. The molecule has 0 heterocycles. The third kappa shape index (κ3) is 2.83. The maximum absolute atomic E-state index is 14.1. The van der Waals surface area contributed by atoms with Crippen LogP contribution < -0.4 is 11.1 Å². The molecule has 1 aliphatic rings. The van der Waals surface area contributed by atoms with Gasteiger partial charge in [0.15, 0.2) is 5.82 Å². The SMILES string of the molecule is CCCC1CC1Nc1ccc(C(N)=S)c(Br)c1F. The summed E-state index contributed by atoms with van der Waals surface area (Å²) in [5.41, 5.74) is 6.58. The van der Waals surface area contributed by atoms with Crippen LogP contribution in [-0.2, 0) is 0 Å². The van der Waals surface area contributed by atoms with Gasteiger partial charge in [0.2, 0.25) is 0 Å². The molecule has 0 bridgehead atoms. The monoisotopic (exact) mass is 330 g/mol. The molecule has 1 saturated carbocycles. The molecule has 5 heteroatoms. The second-order valence-electron chi connectivity index (χ2n) is 4.69. The molecule has 2 nitrogen and oxygen atoms in total. The number of hydrogen-bond donors (Lipinski definition) is 2. The topological polar surface area (TPSA) is 38.0 Å². The summed E-state index contributed by atoms with van der Waals surface area (Å²) in [6, 6.07) is 3.85. The number of thiocarbonyl (C=S) groups is 1. The smallest absolute Gasteiger partial charge is 0.161 e. The molecule has 0 saturated heterocycles. The number of rotatable bonds is 5. The summed E-state index contributed by atoms with van der Waals surface area (Å²) >= 11 is 8.07. The van der Waals surface area contributed by atoms with Gasteiger partial charge in [0.05, 0.1) is 10.2 Å². The number of nitrogens with two attached hydrogens (primary N) is 1. The van der Waals surface area contributed by atoms with Crippen LogP contribution >= 0.6 is 28.1 Å². The van der Waals surface area contributed by atoms with Crippen LogP contribution in [0.5, 0.6) is 0 Å². The third-order valence-corrected chi connectivity index (χ3v) is 4.27. The average Bonchev–Trinajstić information content (AvgIpc) is 3.03. The summed E-state index contributed by atoms with van der Waals surface area (Å²) in [6.07, 6.45) is 3.50. The lowest BCUT2D eigenvalue weighted by molar-refractivity contribution is 0.621. The lowest BCUT2D eigenvalue weighted by Gasteiger charge is -2.11. The normalized spacial score (nSPS) is 21.7. The highest BCUT2D eigenvalue weighted by atomic mass is 79.9. The van der Waals surface area contributed by atoms with Crippen molar-refractivity contribution in [3.63, 3.8) is 0 Å². The van der Waals surface area contributed by atoms with Crippen LogP contribution in [-0.4, -0.2) is 11.0 Å². The largest absolute Gasteiger partial charge is 0.389 e. The van der Waals surface area contributed by atoms with E-state index >= 15 is 0 Å². The minimum atomic E-state index is -0.317. The summed E-state index contributed by atoms with van der Waals surface area (Å²) in [4.78, 5) is 0.197. The Labute approximate surface area is 120 Å². The van der Waals surface area contributed by atoms with Gasteiger partial charge in [-0.2, -0.15) is 0 Å². The number of benzene rings is 1. The summed E-state index contributed by atoms with van der Waals surface area (Å²) in [5.74, 6) is 0.367. The first kappa shape index (κ1) is 13.7. The maximum Gasteiger partial charge on any atom is 0.161 e. The van der Waals surface area contributed by atoms with Crippen molar-refractivity contribution < 1.29 is 4.39 Å². The molecule has 0 spiro atoms. The minimum Gasteiger partial charge on any atom is -0.389 e. The molecular formula is C13H16BrFN2S. The minimum absolute atomic E-state index is 0.197. The Balaban J connectivity index is 2.11. The molecule has 1 aromatic rings. The van der Waals surface area contributed by atoms with Crippen LogP contribution in [0.25, 0.3) is 0 Å². The Kier molecular flexibility index (Phi) is 4.22. The molecule has 1 fully saturated rings. The van der Waals surface area contributed by atoms with E-state index in [0.29, 0.717) is 27.7 Å². The van der Waals surface area contributed by atoms with Crippen LogP contribution in [0.3, 0.4) is 0 Å². The quantitative estimate of drug-likeness (QED) is 0.806. The number of halogens is 2. The Morgan fingerprint density at radius 3 is 2.94 bits per heavy atom. The van der Waals surface area contributed by atoms with E-state index < -0.39 is 0 Å². The van der Waals surface area contributed by atoms with Gasteiger partial charge in [-0.15, -0.1) is 0 Å². The molecule has 98 valence electrons. The van der Waals surface area contributed by atoms with E-state index in [1.54, 1.807) is 12.1 Å². The molecule has 1 aromatic carbocycles. The lowest BCUT2D eigenvalue weighted by atomic mass is 10.2. The van der Waals surface area contributed by atoms with E-state index in [2.05, 4.69) is 28.2 Å². The summed E-state index contributed by atoms with van der Waals surface area (Å²) < 4.78 is 14.4. The fourth-order valence-corrected chi connectivity index (χ4v) is 3.03. The van der Waals surface area contributed by atoms with Gasteiger partial charge in [0.25, 0.3) is 0 Å². The van der Waals surface area contributed by atoms with Crippen LogP contribution in [0.4, 0.5) is 10.1 Å². The average molecular weight is 331 g/mol. The van der Waals surface area contributed by atoms with Gasteiger partial charge in [-0.1, -0.05) is 25.6 Å². The van der Waals surface area contributed by atoms with Gasteiger partial charge in [-0.3, -0.25) is 0 Å². The Bertz CT molecular complexity index is 478. The molecule has 3 N–H and O–H groups in total. The Hall–Kier alpha value is -0.680. The van der Waals surface area contributed by atoms with Crippen molar-refractivity contribution in [2.45, 2.75) is 32.2 Å². The van der Waals surface area contributed by atoms with Crippen molar-refractivity contribution in [2.24, 2.45) is 11.7 Å². The van der Waals surface area contributed by atoms with Crippen LogP contribution in [0.2, 0.25) is 0 Å². The fourth-order valence-electron chi connectivity index (χ4n) is 2.17. The second-order valence-corrected chi connectivity index (χ2v) is 5.92. The number of nitrogens with one attached hydrogen (secondary N) is 1. The first-order valence-corrected chi connectivity index (χ1v) is 7.29. The van der Waals surface area contributed by atoms with Crippen LogP contribution in [0.1, 0.15) is 31.7 Å². The zero-order valence-corrected chi connectivity index (χ0v) is 12.6. The third-order valence-electron chi connectivity index (χ3n) is 3.27. The Morgan fingerprint density at radius 2 is 2.33 bits per heavy atom. The molecule has 2 rings (SSSR count). The van der Waals surface area contributed by atoms with Crippen molar-refractivity contribution in [1.29, 1.82) is 0 Å². The summed E-state index contributed by atoms with van der Waals surface area (Å²) in [5, 5.41) is 3.24. The van der Waals surface area contributed by atoms with E-state index in [4.69, 9.17) is 18.0 Å².